The quantitative estimate of drug-likeness (QED) is 0.825. The molecular formula is C12H23NO2S. The molecule has 94 valence electrons. The lowest BCUT2D eigenvalue weighted by Crippen LogP contribution is -2.42. The van der Waals surface area contributed by atoms with E-state index >= 15 is 0 Å². The van der Waals surface area contributed by atoms with Crippen molar-refractivity contribution in [1.82, 2.24) is 5.32 Å². The summed E-state index contributed by atoms with van der Waals surface area (Å²) in [6, 6.07) is 0.223. The molecular weight excluding hydrogens is 222 g/mol. The molecule has 2 fully saturated rings. The molecule has 0 bridgehead atoms. The summed E-state index contributed by atoms with van der Waals surface area (Å²) < 4.78 is 24.4. The molecule has 0 amide bonds. The highest BCUT2D eigenvalue weighted by Crippen LogP contribution is 2.25. The van der Waals surface area contributed by atoms with Gasteiger partial charge in [0.2, 0.25) is 0 Å². The molecule has 1 unspecified atom stereocenters. The smallest absolute Gasteiger partial charge is 0.154 e. The number of piperidine rings is 1. The van der Waals surface area contributed by atoms with Crippen LogP contribution >= 0.6 is 0 Å². The average Bonchev–Trinajstić information content (AvgIpc) is 2.31. The van der Waals surface area contributed by atoms with Crippen LogP contribution < -0.4 is 5.32 Å². The fourth-order valence-corrected chi connectivity index (χ4v) is 5.08. The van der Waals surface area contributed by atoms with Crippen LogP contribution in [0.5, 0.6) is 0 Å². The van der Waals surface area contributed by atoms with Gasteiger partial charge in [0.1, 0.15) is 0 Å². The molecule has 1 N–H and O–H groups in total. The zero-order valence-electron chi connectivity index (χ0n) is 9.95. The van der Waals surface area contributed by atoms with Gasteiger partial charge in [-0.3, -0.25) is 0 Å². The van der Waals surface area contributed by atoms with Crippen LogP contribution in [0, 0.1) is 0 Å². The molecule has 16 heavy (non-hydrogen) atoms. The third-order valence-electron chi connectivity index (χ3n) is 3.91. The maximum Gasteiger partial charge on any atom is 0.154 e. The number of hydrogen-bond donors (Lipinski definition) is 1. The molecule has 4 heteroatoms. The minimum atomic E-state index is -2.85. The van der Waals surface area contributed by atoms with E-state index in [1.165, 1.54) is 19.3 Å². The third kappa shape index (κ3) is 3.20. The van der Waals surface area contributed by atoms with E-state index < -0.39 is 9.84 Å². The first-order chi connectivity index (χ1) is 7.68. The molecule has 1 saturated heterocycles. The van der Waals surface area contributed by atoms with Crippen molar-refractivity contribution in [3.8, 4) is 0 Å². The number of rotatable bonds is 3. The van der Waals surface area contributed by atoms with Gasteiger partial charge < -0.3 is 5.32 Å². The monoisotopic (exact) mass is 245 g/mol. The molecule has 2 aliphatic rings. The number of hydrogen-bond acceptors (Lipinski definition) is 3. The summed E-state index contributed by atoms with van der Waals surface area (Å²) in [7, 11) is -2.85. The zero-order chi connectivity index (χ0) is 11.4. The molecule has 1 atom stereocenters. The van der Waals surface area contributed by atoms with Gasteiger partial charge in [0, 0.05) is 6.04 Å². The molecule has 0 radical (unpaired) electrons. The number of nitrogens with one attached hydrogen (secondary N) is 1. The van der Waals surface area contributed by atoms with E-state index in [9.17, 15) is 8.42 Å². The minimum Gasteiger partial charge on any atom is -0.313 e. The lowest BCUT2D eigenvalue weighted by molar-refractivity contribution is 0.418. The van der Waals surface area contributed by atoms with Crippen molar-refractivity contribution < 1.29 is 8.42 Å². The van der Waals surface area contributed by atoms with Crippen molar-refractivity contribution in [2.24, 2.45) is 0 Å². The van der Waals surface area contributed by atoms with Crippen LogP contribution in [-0.2, 0) is 9.84 Å². The van der Waals surface area contributed by atoms with Crippen molar-refractivity contribution in [2.75, 3.05) is 12.3 Å². The Kier molecular flexibility index (Phi) is 4.25. The Balaban J connectivity index is 1.90. The van der Waals surface area contributed by atoms with Gasteiger partial charge in [-0.1, -0.05) is 25.7 Å². The van der Waals surface area contributed by atoms with Gasteiger partial charge in [-0.05, 0) is 32.2 Å². The molecule has 0 aromatic carbocycles. The standard InChI is InChI=1S/C12H23NO2S/c14-16(15,12-7-2-1-3-8-12)10-11-6-4-5-9-13-11/h11-13H,1-10H2. The molecule has 1 saturated carbocycles. The highest BCUT2D eigenvalue weighted by atomic mass is 32.2. The minimum absolute atomic E-state index is 0.0371. The van der Waals surface area contributed by atoms with E-state index in [2.05, 4.69) is 5.32 Å². The third-order valence-corrected chi connectivity index (χ3v) is 6.26. The molecule has 1 aliphatic heterocycles. The van der Waals surface area contributed by atoms with Crippen molar-refractivity contribution in [2.45, 2.75) is 62.7 Å². The van der Waals surface area contributed by atoms with Gasteiger partial charge in [-0.2, -0.15) is 0 Å². The normalized spacial score (nSPS) is 29.1. The molecule has 2 rings (SSSR count). The second-order valence-electron chi connectivity index (χ2n) is 5.24. The first kappa shape index (κ1) is 12.4. The zero-order valence-corrected chi connectivity index (χ0v) is 10.8. The van der Waals surface area contributed by atoms with Gasteiger partial charge >= 0.3 is 0 Å². The first-order valence-corrected chi connectivity index (χ1v) is 8.35. The Morgan fingerprint density at radius 1 is 0.938 bits per heavy atom. The fourth-order valence-electron chi connectivity index (χ4n) is 2.91. The summed E-state index contributed by atoms with van der Waals surface area (Å²) in [5.41, 5.74) is 0. The Labute approximate surface area is 98.9 Å². The van der Waals surface area contributed by atoms with Crippen LogP contribution in [0.1, 0.15) is 51.4 Å². The summed E-state index contributed by atoms with van der Waals surface area (Å²) in [6.45, 7) is 0.991. The van der Waals surface area contributed by atoms with Gasteiger partial charge in [-0.15, -0.1) is 0 Å². The highest BCUT2D eigenvalue weighted by Gasteiger charge is 2.30. The summed E-state index contributed by atoms with van der Waals surface area (Å²) in [5, 5.41) is 3.30. The van der Waals surface area contributed by atoms with Crippen LogP contribution in [0.15, 0.2) is 0 Å². The van der Waals surface area contributed by atoms with Gasteiger partial charge in [0.05, 0.1) is 11.0 Å². The highest BCUT2D eigenvalue weighted by molar-refractivity contribution is 7.92. The molecule has 3 nitrogen and oxygen atoms in total. The SMILES string of the molecule is O=S(=O)(CC1CCCCN1)C1CCCCC1. The molecule has 0 aromatic rings. The van der Waals surface area contributed by atoms with E-state index in [4.69, 9.17) is 0 Å². The predicted molar refractivity (Wildman–Crippen MR) is 66.3 cm³/mol. The van der Waals surface area contributed by atoms with Crippen LogP contribution in [0.25, 0.3) is 0 Å². The average molecular weight is 245 g/mol. The lowest BCUT2D eigenvalue weighted by atomic mass is 10.0. The van der Waals surface area contributed by atoms with Gasteiger partial charge in [-0.25, -0.2) is 8.42 Å². The maximum atomic E-state index is 12.2. The second kappa shape index (κ2) is 5.50. The van der Waals surface area contributed by atoms with E-state index in [1.807, 2.05) is 0 Å². The van der Waals surface area contributed by atoms with Crippen LogP contribution in [0.4, 0.5) is 0 Å². The van der Waals surface area contributed by atoms with Crippen LogP contribution in [-0.4, -0.2) is 32.0 Å². The fraction of sp³-hybridized carbons (Fsp3) is 1.00. The number of sulfone groups is 1. The summed E-state index contributed by atoms with van der Waals surface area (Å²) in [5.74, 6) is 0.373. The Morgan fingerprint density at radius 2 is 1.62 bits per heavy atom. The van der Waals surface area contributed by atoms with Crippen LogP contribution in [0.2, 0.25) is 0 Å². The van der Waals surface area contributed by atoms with E-state index in [1.54, 1.807) is 0 Å². The summed E-state index contributed by atoms with van der Waals surface area (Å²) in [4.78, 5) is 0. The second-order valence-corrected chi connectivity index (χ2v) is 7.56. The van der Waals surface area contributed by atoms with E-state index in [0.717, 1.165) is 38.6 Å². The summed E-state index contributed by atoms with van der Waals surface area (Å²) in [6.07, 6.45) is 8.62. The van der Waals surface area contributed by atoms with Crippen LogP contribution in [0.3, 0.4) is 0 Å². The Bertz CT molecular complexity index is 301. The largest absolute Gasteiger partial charge is 0.313 e. The van der Waals surface area contributed by atoms with E-state index in [-0.39, 0.29) is 11.3 Å². The molecule has 0 spiro atoms. The Hall–Kier alpha value is -0.0900. The molecule has 0 aromatic heterocycles. The summed E-state index contributed by atoms with van der Waals surface area (Å²) >= 11 is 0. The van der Waals surface area contributed by atoms with Gasteiger partial charge in [0.25, 0.3) is 0 Å². The molecule has 1 heterocycles. The topological polar surface area (TPSA) is 46.2 Å². The van der Waals surface area contributed by atoms with Crippen molar-refractivity contribution in [3.05, 3.63) is 0 Å². The lowest BCUT2D eigenvalue weighted by Gasteiger charge is -2.27. The first-order valence-electron chi connectivity index (χ1n) is 6.63. The maximum absolute atomic E-state index is 12.2. The molecule has 1 aliphatic carbocycles. The van der Waals surface area contributed by atoms with E-state index in [0.29, 0.717) is 5.75 Å². The van der Waals surface area contributed by atoms with Crippen molar-refractivity contribution >= 4 is 9.84 Å². The predicted octanol–water partition coefficient (Wildman–Crippen LogP) is 1.88. The van der Waals surface area contributed by atoms with Gasteiger partial charge in [0.15, 0.2) is 9.84 Å². The Morgan fingerprint density at radius 3 is 2.25 bits per heavy atom. The van der Waals surface area contributed by atoms with Crippen molar-refractivity contribution in [3.63, 3.8) is 0 Å². The van der Waals surface area contributed by atoms with Crippen molar-refractivity contribution in [1.29, 1.82) is 0 Å².